The van der Waals surface area contributed by atoms with Crippen molar-refractivity contribution >= 4 is 58.4 Å². The average molecular weight is 447 g/mol. The Balaban J connectivity index is 0.00000113. The predicted molar refractivity (Wildman–Crippen MR) is 107 cm³/mol. The number of aromatic amines is 1. The number of amides is 2. The number of hydrogen-bond acceptors (Lipinski definition) is 3. The third-order valence-electron chi connectivity index (χ3n) is 4.03. The monoisotopic (exact) mass is 445 g/mol. The fourth-order valence-corrected chi connectivity index (χ4v) is 3.23. The first kappa shape index (κ1) is 19.8. The molecule has 1 aromatic carbocycles. The minimum Gasteiger partial charge on any atom is -0.334 e. The molecule has 134 valence electrons. The molecule has 0 unspecified atom stereocenters. The van der Waals surface area contributed by atoms with Crippen LogP contribution < -0.4 is 4.90 Å². The van der Waals surface area contributed by atoms with E-state index in [4.69, 9.17) is 0 Å². The van der Waals surface area contributed by atoms with Crippen LogP contribution in [0.4, 0.5) is 10.6 Å². The van der Waals surface area contributed by atoms with Gasteiger partial charge in [0, 0.05) is 23.1 Å². The Morgan fingerprint density at radius 2 is 1.96 bits per heavy atom. The molecule has 2 aliphatic rings. The van der Waals surface area contributed by atoms with E-state index in [2.05, 4.69) is 37.8 Å². The van der Waals surface area contributed by atoms with Crippen LogP contribution in [-0.2, 0) is 0 Å². The number of fused-ring (bicyclic) bond motifs is 3. The number of anilines is 1. The molecule has 1 aromatic heterocycles. The van der Waals surface area contributed by atoms with Crippen LogP contribution in [0.15, 0.2) is 33.7 Å². The number of nitrogens with zero attached hydrogens (tertiary/aromatic N) is 4. The van der Waals surface area contributed by atoms with Gasteiger partial charge in [-0.3, -0.25) is 14.8 Å². The number of H-pyrrole nitrogens is 1. The molecule has 2 aliphatic heterocycles. The van der Waals surface area contributed by atoms with Crippen LogP contribution in [0.5, 0.6) is 0 Å². The van der Waals surface area contributed by atoms with E-state index in [9.17, 15) is 4.79 Å². The standard InChI is InChI=1S/C16H16BrN5O.2ClH/c1-2-8-21-15-12(14-18-7-9-22(14)16(21)23)19-13(20-15)10-3-5-11(17)6-4-10;;/h3-6H,2,7-9H2,1H3,(H,19,20);2*1H. The molecule has 1 N–H and O–H groups in total. The van der Waals surface area contributed by atoms with Crippen molar-refractivity contribution in [1.29, 1.82) is 0 Å². The van der Waals surface area contributed by atoms with Crippen molar-refractivity contribution < 1.29 is 4.79 Å². The van der Waals surface area contributed by atoms with Crippen molar-refractivity contribution in [2.24, 2.45) is 4.99 Å². The van der Waals surface area contributed by atoms with Gasteiger partial charge in [0.05, 0.1) is 6.54 Å². The number of benzene rings is 1. The number of aliphatic imine (C=N–C) groups is 1. The van der Waals surface area contributed by atoms with E-state index in [1.54, 1.807) is 9.80 Å². The zero-order chi connectivity index (χ0) is 16.0. The van der Waals surface area contributed by atoms with E-state index < -0.39 is 0 Å². The first-order valence-corrected chi connectivity index (χ1v) is 8.48. The van der Waals surface area contributed by atoms with Crippen molar-refractivity contribution in [3.05, 3.63) is 34.4 Å². The van der Waals surface area contributed by atoms with Crippen molar-refractivity contribution in [1.82, 2.24) is 14.9 Å². The van der Waals surface area contributed by atoms with Crippen LogP contribution in [0, 0.1) is 0 Å². The van der Waals surface area contributed by atoms with Gasteiger partial charge in [-0.25, -0.2) is 9.78 Å². The molecule has 0 radical (unpaired) electrons. The summed E-state index contributed by atoms with van der Waals surface area (Å²) >= 11 is 3.44. The highest BCUT2D eigenvalue weighted by Crippen LogP contribution is 2.32. The maximum atomic E-state index is 12.7. The molecule has 0 bridgehead atoms. The number of hydrogen-bond donors (Lipinski definition) is 1. The molecule has 0 aliphatic carbocycles. The van der Waals surface area contributed by atoms with Gasteiger partial charge in [0.2, 0.25) is 0 Å². The van der Waals surface area contributed by atoms with Crippen molar-refractivity contribution in [2.45, 2.75) is 13.3 Å². The molecule has 0 fully saturated rings. The van der Waals surface area contributed by atoms with Crippen LogP contribution >= 0.6 is 40.7 Å². The molecular formula is C16H18BrCl2N5O. The summed E-state index contributed by atoms with van der Waals surface area (Å²) in [5.41, 5.74) is 1.82. The molecule has 3 heterocycles. The molecular weight excluding hydrogens is 429 g/mol. The van der Waals surface area contributed by atoms with Gasteiger partial charge < -0.3 is 4.98 Å². The molecule has 0 saturated heterocycles. The maximum Gasteiger partial charge on any atom is 0.331 e. The Morgan fingerprint density at radius 1 is 1.24 bits per heavy atom. The topological polar surface area (TPSA) is 64.6 Å². The smallest absolute Gasteiger partial charge is 0.331 e. The molecule has 0 atom stereocenters. The maximum absolute atomic E-state index is 12.7. The lowest BCUT2D eigenvalue weighted by Crippen LogP contribution is -2.50. The SMILES string of the molecule is CCCN1C(=O)N2CCN=C2c2[nH]c(-c3ccc(Br)cc3)nc21.Cl.Cl. The molecule has 4 rings (SSSR count). The largest absolute Gasteiger partial charge is 0.334 e. The highest BCUT2D eigenvalue weighted by Gasteiger charge is 2.39. The molecule has 6 nitrogen and oxygen atoms in total. The summed E-state index contributed by atoms with van der Waals surface area (Å²) in [7, 11) is 0. The average Bonchev–Trinajstić information content (AvgIpc) is 3.18. The van der Waals surface area contributed by atoms with E-state index in [1.807, 2.05) is 24.3 Å². The van der Waals surface area contributed by atoms with E-state index in [0.717, 1.165) is 28.0 Å². The zero-order valence-electron chi connectivity index (χ0n) is 13.5. The molecule has 0 spiro atoms. The second-order valence-corrected chi connectivity index (χ2v) is 6.50. The summed E-state index contributed by atoms with van der Waals surface area (Å²) < 4.78 is 1.02. The minimum absolute atomic E-state index is 0. The number of carbonyl (C=O) groups excluding carboxylic acids is 1. The summed E-state index contributed by atoms with van der Waals surface area (Å²) in [5, 5.41) is 0. The zero-order valence-corrected chi connectivity index (χ0v) is 16.7. The Morgan fingerprint density at radius 3 is 2.64 bits per heavy atom. The second kappa shape index (κ2) is 7.76. The van der Waals surface area contributed by atoms with Crippen molar-refractivity contribution in [3.63, 3.8) is 0 Å². The van der Waals surface area contributed by atoms with Crippen LogP contribution in [-0.4, -0.2) is 46.4 Å². The lowest BCUT2D eigenvalue weighted by Gasteiger charge is -2.31. The number of carbonyl (C=O) groups is 1. The van der Waals surface area contributed by atoms with Gasteiger partial charge in [0.15, 0.2) is 11.7 Å². The van der Waals surface area contributed by atoms with Crippen LogP contribution in [0.3, 0.4) is 0 Å². The normalized spacial score (nSPS) is 15.1. The first-order valence-electron chi connectivity index (χ1n) is 7.69. The van der Waals surface area contributed by atoms with Gasteiger partial charge in [-0.2, -0.15) is 0 Å². The van der Waals surface area contributed by atoms with Crippen molar-refractivity contribution in [3.8, 4) is 11.4 Å². The fraction of sp³-hybridized carbons (Fsp3) is 0.312. The number of urea groups is 1. The number of imidazole rings is 1. The molecule has 2 aromatic rings. The van der Waals surface area contributed by atoms with E-state index >= 15 is 0 Å². The number of amidine groups is 1. The first-order chi connectivity index (χ1) is 11.2. The summed E-state index contributed by atoms with van der Waals surface area (Å²) in [6.45, 7) is 4.00. The number of nitrogens with one attached hydrogen (secondary N) is 1. The van der Waals surface area contributed by atoms with Gasteiger partial charge in [0.1, 0.15) is 11.5 Å². The number of rotatable bonds is 3. The van der Waals surface area contributed by atoms with Gasteiger partial charge in [-0.1, -0.05) is 35.0 Å². The van der Waals surface area contributed by atoms with Gasteiger partial charge >= 0.3 is 6.03 Å². The van der Waals surface area contributed by atoms with Gasteiger partial charge in [-0.05, 0) is 18.6 Å². The third kappa shape index (κ3) is 3.28. The van der Waals surface area contributed by atoms with E-state index in [0.29, 0.717) is 31.3 Å². The Bertz CT molecular complexity index is 805. The van der Waals surface area contributed by atoms with Crippen LogP contribution in [0.1, 0.15) is 19.0 Å². The third-order valence-corrected chi connectivity index (χ3v) is 4.56. The number of aromatic nitrogens is 2. The van der Waals surface area contributed by atoms with E-state index in [-0.39, 0.29) is 30.8 Å². The summed E-state index contributed by atoms with van der Waals surface area (Å²) in [4.78, 5) is 28.7. The molecule has 9 heteroatoms. The lowest BCUT2D eigenvalue weighted by molar-refractivity contribution is 0.228. The predicted octanol–water partition coefficient (Wildman–Crippen LogP) is 4.10. The van der Waals surface area contributed by atoms with E-state index in [1.165, 1.54) is 0 Å². The summed E-state index contributed by atoms with van der Waals surface area (Å²) in [6, 6.07) is 7.92. The number of halogens is 3. The minimum atomic E-state index is -0.0237. The van der Waals surface area contributed by atoms with Gasteiger partial charge in [-0.15, -0.1) is 24.8 Å². The Labute approximate surface area is 166 Å². The highest BCUT2D eigenvalue weighted by atomic mass is 79.9. The van der Waals surface area contributed by atoms with Crippen molar-refractivity contribution in [2.75, 3.05) is 24.5 Å². The Hall–Kier alpha value is -1.57. The summed E-state index contributed by atoms with van der Waals surface area (Å²) in [5.74, 6) is 2.16. The molecule has 25 heavy (non-hydrogen) atoms. The second-order valence-electron chi connectivity index (χ2n) is 5.58. The van der Waals surface area contributed by atoms with Gasteiger partial charge in [0.25, 0.3) is 0 Å². The Kier molecular flexibility index (Phi) is 6.13. The fourth-order valence-electron chi connectivity index (χ4n) is 2.97. The van der Waals surface area contributed by atoms with Crippen LogP contribution in [0.2, 0.25) is 0 Å². The quantitative estimate of drug-likeness (QED) is 0.771. The molecule has 2 amide bonds. The van der Waals surface area contributed by atoms with Crippen LogP contribution in [0.25, 0.3) is 11.4 Å². The highest BCUT2D eigenvalue weighted by molar-refractivity contribution is 9.10. The molecule has 0 saturated carbocycles. The lowest BCUT2D eigenvalue weighted by atomic mass is 10.2. The summed E-state index contributed by atoms with van der Waals surface area (Å²) in [6.07, 6.45) is 0.881.